The zero-order chi connectivity index (χ0) is 71.1. The molecule has 5 atom stereocenters. The minimum Gasteiger partial charge on any atom is -0.462 e. The van der Waals surface area contributed by atoms with Crippen molar-refractivity contribution in [3.05, 3.63) is 0 Å². The summed E-state index contributed by atoms with van der Waals surface area (Å²) in [5.41, 5.74) is 0. The number of hydrogen-bond acceptors (Lipinski definition) is 15. The predicted molar refractivity (Wildman–Crippen MR) is 395 cm³/mol. The van der Waals surface area contributed by atoms with Gasteiger partial charge in [0.15, 0.2) is 12.2 Å². The van der Waals surface area contributed by atoms with E-state index in [9.17, 15) is 43.2 Å². The van der Waals surface area contributed by atoms with Gasteiger partial charge in [0.1, 0.15) is 19.3 Å². The molecule has 0 aliphatic rings. The van der Waals surface area contributed by atoms with Gasteiger partial charge in [0.2, 0.25) is 0 Å². The lowest BCUT2D eigenvalue weighted by Gasteiger charge is -2.21. The number of carbonyl (C=O) groups excluding carboxylic acids is 4. The number of aliphatic hydroxyl groups excluding tert-OH is 1. The van der Waals surface area contributed by atoms with Crippen molar-refractivity contribution in [2.45, 2.75) is 438 Å². The van der Waals surface area contributed by atoms with Crippen molar-refractivity contribution >= 4 is 39.5 Å². The number of phosphoric acid groups is 2. The van der Waals surface area contributed by atoms with Crippen molar-refractivity contribution in [2.24, 2.45) is 0 Å². The van der Waals surface area contributed by atoms with E-state index in [1.807, 2.05) is 0 Å². The highest BCUT2D eigenvalue weighted by molar-refractivity contribution is 7.47. The molecule has 19 heteroatoms. The van der Waals surface area contributed by atoms with Crippen molar-refractivity contribution < 1.29 is 80.2 Å². The lowest BCUT2D eigenvalue weighted by atomic mass is 10.0. The van der Waals surface area contributed by atoms with E-state index in [0.29, 0.717) is 25.7 Å². The number of carbonyl (C=O) groups is 4. The van der Waals surface area contributed by atoms with Crippen molar-refractivity contribution in [3.63, 3.8) is 0 Å². The molecule has 0 aromatic carbocycles. The molecule has 0 saturated carbocycles. The molecular weight excluding hydrogens is 1270 g/mol. The van der Waals surface area contributed by atoms with Crippen molar-refractivity contribution in [2.75, 3.05) is 39.6 Å². The Labute approximate surface area is 594 Å². The van der Waals surface area contributed by atoms with Crippen LogP contribution in [0.2, 0.25) is 0 Å². The van der Waals surface area contributed by atoms with Gasteiger partial charge in [0.05, 0.1) is 26.4 Å². The van der Waals surface area contributed by atoms with Gasteiger partial charge in [-0.2, -0.15) is 0 Å². The largest absolute Gasteiger partial charge is 0.472 e. The van der Waals surface area contributed by atoms with Crippen LogP contribution in [0.4, 0.5) is 0 Å². The fourth-order valence-electron chi connectivity index (χ4n) is 12.1. The number of phosphoric ester groups is 2. The zero-order valence-corrected chi connectivity index (χ0v) is 64.8. The standard InChI is InChI=1S/C78H152O17P2/c1-5-9-13-17-21-25-28-30-32-34-36-38-40-42-44-48-51-55-59-63-76(81)89-69-74(95-78(83)65-61-57-53-49-45-43-41-39-37-35-33-31-29-26-22-18-14-10-6-2)71-93-97(86,87)91-67-72(79)66-90-96(84,85)92-70-73(68-88-75(80)62-58-54-50-46-24-20-16-12-8-4)94-77(82)64-60-56-52-47-27-23-19-15-11-7-3/h72-74,79H,5-71H2,1-4H3,(H,84,85)(H,86,87)/t72-,73+,74+/m0/s1. The van der Waals surface area contributed by atoms with Gasteiger partial charge in [-0.1, -0.05) is 368 Å². The minimum atomic E-state index is -4.96. The van der Waals surface area contributed by atoms with Crippen LogP contribution in [0.15, 0.2) is 0 Å². The van der Waals surface area contributed by atoms with E-state index in [-0.39, 0.29) is 25.7 Å². The molecule has 0 aliphatic carbocycles. The highest BCUT2D eigenvalue weighted by atomic mass is 31.2. The van der Waals surface area contributed by atoms with Crippen LogP contribution in [0.25, 0.3) is 0 Å². The average Bonchev–Trinajstić information content (AvgIpc) is 1.69. The summed E-state index contributed by atoms with van der Waals surface area (Å²) in [6.45, 7) is 4.98. The molecule has 0 spiro atoms. The van der Waals surface area contributed by atoms with E-state index in [0.717, 1.165) is 89.9 Å². The Morgan fingerprint density at radius 2 is 0.412 bits per heavy atom. The molecule has 17 nitrogen and oxygen atoms in total. The second kappa shape index (κ2) is 72.4. The van der Waals surface area contributed by atoms with Gasteiger partial charge in [0, 0.05) is 25.7 Å². The quantitative estimate of drug-likeness (QED) is 0.0222. The van der Waals surface area contributed by atoms with Gasteiger partial charge >= 0.3 is 39.5 Å². The summed E-state index contributed by atoms with van der Waals surface area (Å²) < 4.78 is 68.5. The van der Waals surface area contributed by atoms with Gasteiger partial charge in [-0.15, -0.1) is 0 Å². The molecule has 576 valence electrons. The second-order valence-electron chi connectivity index (χ2n) is 28.1. The highest BCUT2D eigenvalue weighted by Crippen LogP contribution is 2.45. The van der Waals surface area contributed by atoms with Crippen LogP contribution < -0.4 is 0 Å². The van der Waals surface area contributed by atoms with Gasteiger partial charge in [0.25, 0.3) is 0 Å². The molecule has 0 amide bonds. The van der Waals surface area contributed by atoms with E-state index in [1.165, 1.54) is 250 Å². The summed E-state index contributed by atoms with van der Waals surface area (Å²) in [6, 6.07) is 0. The first kappa shape index (κ1) is 95.1. The van der Waals surface area contributed by atoms with E-state index in [1.54, 1.807) is 0 Å². The van der Waals surface area contributed by atoms with E-state index < -0.39 is 97.5 Å². The Bertz CT molecular complexity index is 1840. The van der Waals surface area contributed by atoms with Crippen LogP contribution in [-0.2, 0) is 65.4 Å². The van der Waals surface area contributed by atoms with Crippen LogP contribution >= 0.6 is 15.6 Å². The third-order valence-corrected chi connectivity index (χ3v) is 20.3. The third kappa shape index (κ3) is 72.2. The van der Waals surface area contributed by atoms with Gasteiger partial charge in [-0.25, -0.2) is 9.13 Å². The SMILES string of the molecule is CCCCCCCCCCCCCCCCCCCCCC(=O)OC[C@H](COP(=O)(O)OC[C@@H](O)COP(=O)(O)OC[C@@H](COC(=O)CCCCCCCCCCC)OC(=O)CCCCCCCCCCCC)OC(=O)CCCCCCCCCCCCCCCCCCCCC. The molecule has 0 fully saturated rings. The molecule has 3 N–H and O–H groups in total. The molecule has 0 bridgehead atoms. The molecule has 0 aromatic heterocycles. The predicted octanol–water partition coefficient (Wildman–Crippen LogP) is 23.4. The number of rotatable bonds is 79. The third-order valence-electron chi connectivity index (χ3n) is 18.4. The lowest BCUT2D eigenvalue weighted by Crippen LogP contribution is -2.30. The normalized spacial score (nSPS) is 13.8. The summed E-state index contributed by atoms with van der Waals surface area (Å²) in [4.78, 5) is 72.8. The maximum absolute atomic E-state index is 13.1. The highest BCUT2D eigenvalue weighted by Gasteiger charge is 2.30. The first-order chi connectivity index (χ1) is 47.2. The van der Waals surface area contributed by atoms with Crippen LogP contribution in [0.1, 0.15) is 419 Å². The van der Waals surface area contributed by atoms with E-state index in [2.05, 4.69) is 27.7 Å². The lowest BCUT2D eigenvalue weighted by molar-refractivity contribution is -0.161. The molecule has 0 saturated heterocycles. The van der Waals surface area contributed by atoms with Crippen molar-refractivity contribution in [1.82, 2.24) is 0 Å². The topological polar surface area (TPSA) is 237 Å². The monoisotopic (exact) mass is 1420 g/mol. The second-order valence-corrected chi connectivity index (χ2v) is 31.0. The fourth-order valence-corrected chi connectivity index (χ4v) is 13.7. The Kier molecular flexibility index (Phi) is 71.0. The molecule has 0 radical (unpaired) electrons. The average molecular weight is 1420 g/mol. The summed E-state index contributed by atoms with van der Waals surface area (Å²) in [5, 5.41) is 10.6. The maximum Gasteiger partial charge on any atom is 0.472 e. The Hall–Kier alpha value is -1.94. The number of ether oxygens (including phenoxy) is 4. The number of unbranched alkanes of at least 4 members (excludes halogenated alkanes) is 53. The summed E-state index contributed by atoms with van der Waals surface area (Å²) in [6.07, 6.45) is 63.9. The molecule has 0 rings (SSSR count). The Balaban J connectivity index is 5.18. The fraction of sp³-hybridized carbons (Fsp3) is 0.949. The minimum absolute atomic E-state index is 0.107. The molecule has 0 aromatic rings. The molecule has 0 heterocycles. The number of aliphatic hydroxyl groups is 1. The summed E-state index contributed by atoms with van der Waals surface area (Å²) in [7, 11) is -9.91. The first-order valence-electron chi connectivity index (χ1n) is 40.8. The molecule has 97 heavy (non-hydrogen) atoms. The van der Waals surface area contributed by atoms with Gasteiger partial charge in [-0.05, 0) is 25.7 Å². The molecular formula is C78H152O17P2. The zero-order valence-electron chi connectivity index (χ0n) is 63.1. The van der Waals surface area contributed by atoms with Crippen LogP contribution in [0.3, 0.4) is 0 Å². The van der Waals surface area contributed by atoms with E-state index in [4.69, 9.17) is 37.0 Å². The van der Waals surface area contributed by atoms with Gasteiger partial charge < -0.3 is 33.8 Å². The van der Waals surface area contributed by atoms with Crippen LogP contribution in [-0.4, -0.2) is 96.7 Å². The van der Waals surface area contributed by atoms with Crippen LogP contribution in [0.5, 0.6) is 0 Å². The van der Waals surface area contributed by atoms with Crippen LogP contribution in [0, 0.1) is 0 Å². The van der Waals surface area contributed by atoms with Gasteiger partial charge in [-0.3, -0.25) is 37.3 Å². The molecule has 2 unspecified atom stereocenters. The van der Waals surface area contributed by atoms with E-state index >= 15 is 0 Å². The Morgan fingerprint density at radius 1 is 0.247 bits per heavy atom. The molecule has 0 aliphatic heterocycles. The number of hydrogen-bond donors (Lipinski definition) is 3. The number of esters is 4. The summed E-state index contributed by atoms with van der Waals surface area (Å²) >= 11 is 0. The maximum atomic E-state index is 13.1. The first-order valence-corrected chi connectivity index (χ1v) is 43.8. The van der Waals surface area contributed by atoms with Crippen molar-refractivity contribution in [1.29, 1.82) is 0 Å². The summed E-state index contributed by atoms with van der Waals surface area (Å²) in [5.74, 6) is -2.11. The van der Waals surface area contributed by atoms with Crippen molar-refractivity contribution in [3.8, 4) is 0 Å². The smallest absolute Gasteiger partial charge is 0.462 e. The Morgan fingerprint density at radius 3 is 0.608 bits per heavy atom.